The highest BCUT2D eigenvalue weighted by Gasteiger charge is 2.69. The third-order valence-electron chi connectivity index (χ3n) is 8.80. The van der Waals surface area contributed by atoms with Crippen LogP contribution < -0.4 is 16.0 Å². The summed E-state index contributed by atoms with van der Waals surface area (Å²) in [5.41, 5.74) is 4.21. The molecular formula is C28H38N4O8. The van der Waals surface area contributed by atoms with Gasteiger partial charge in [0.15, 0.2) is 34.7 Å². The van der Waals surface area contributed by atoms with Gasteiger partial charge in [0, 0.05) is 50.5 Å². The van der Waals surface area contributed by atoms with Gasteiger partial charge in [-0.15, -0.1) is 0 Å². The summed E-state index contributed by atoms with van der Waals surface area (Å²) in [4.78, 5) is 70.0. The van der Waals surface area contributed by atoms with Crippen LogP contribution >= 0.6 is 0 Å². The molecule has 0 bridgehead atoms. The smallest absolute Gasteiger partial charge is 0.235 e. The van der Waals surface area contributed by atoms with Gasteiger partial charge in [0.25, 0.3) is 0 Å². The van der Waals surface area contributed by atoms with Crippen molar-refractivity contribution in [1.82, 2.24) is 10.2 Å². The van der Waals surface area contributed by atoms with Crippen LogP contribution in [0.15, 0.2) is 6.07 Å². The maximum Gasteiger partial charge on any atom is 0.235 e. The molecule has 0 saturated heterocycles. The Bertz CT molecular complexity index is 1280. The quantitative estimate of drug-likeness (QED) is 0.241. The van der Waals surface area contributed by atoms with Crippen molar-refractivity contribution in [3.05, 3.63) is 22.8 Å². The van der Waals surface area contributed by atoms with E-state index in [0.717, 1.165) is 0 Å². The number of hydrogen-bond donors (Lipinski definition) is 5. The number of carbonyl (C=O) groups is 5. The Balaban J connectivity index is 1.83. The number of carbonyl (C=O) groups excluding carboxylic acids is 5. The van der Waals surface area contributed by atoms with E-state index in [1.165, 1.54) is 4.90 Å². The standard InChI is InChI=1S/C28H38N4O8/c1-12(6-7-33)30-11-14-10-17(31(2)3)15-8-13-9-16-21(32(4)5)24(36)20(27(29)39)26(38)28(16,40)25(37)18(13)23(35)19(15)22(14)34/h10,12-13,16,18,20-21,30,33-34,40H,6-9,11H2,1-5H3,(H2,29,39)/t12?,13-,16-,18?,20?,21-,28-/m0/s1. The molecule has 1 aromatic rings. The van der Waals surface area contributed by atoms with Crippen LogP contribution in [0, 0.1) is 23.7 Å². The molecule has 1 aromatic carbocycles. The van der Waals surface area contributed by atoms with E-state index in [2.05, 4.69) is 5.32 Å². The zero-order valence-electron chi connectivity index (χ0n) is 23.4. The molecule has 3 aliphatic carbocycles. The number of rotatable bonds is 8. The van der Waals surface area contributed by atoms with E-state index < -0.39 is 64.4 Å². The molecule has 12 nitrogen and oxygen atoms in total. The van der Waals surface area contributed by atoms with Gasteiger partial charge in [-0.3, -0.25) is 28.9 Å². The Morgan fingerprint density at radius 2 is 1.82 bits per heavy atom. The number of aromatic hydroxyl groups is 1. The lowest BCUT2D eigenvalue weighted by Gasteiger charge is -2.52. The largest absolute Gasteiger partial charge is 0.507 e. The second-order valence-corrected chi connectivity index (χ2v) is 11.7. The van der Waals surface area contributed by atoms with Crippen molar-refractivity contribution in [1.29, 1.82) is 0 Å². The van der Waals surface area contributed by atoms with Gasteiger partial charge in [0.2, 0.25) is 5.91 Å². The number of anilines is 1. The number of phenolic OH excluding ortho intramolecular Hbond substituents is 1. The molecule has 3 aliphatic rings. The van der Waals surface area contributed by atoms with Crippen LogP contribution in [0.3, 0.4) is 0 Å². The van der Waals surface area contributed by atoms with Gasteiger partial charge in [0.1, 0.15) is 5.75 Å². The minimum Gasteiger partial charge on any atom is -0.507 e. The van der Waals surface area contributed by atoms with Crippen molar-refractivity contribution < 1.29 is 39.3 Å². The first-order valence-corrected chi connectivity index (χ1v) is 13.4. The molecule has 6 N–H and O–H groups in total. The van der Waals surface area contributed by atoms with Crippen molar-refractivity contribution >= 4 is 34.7 Å². The first-order valence-electron chi connectivity index (χ1n) is 13.4. The zero-order valence-corrected chi connectivity index (χ0v) is 23.4. The summed E-state index contributed by atoms with van der Waals surface area (Å²) in [5.74, 6) is -10.7. The molecule has 40 heavy (non-hydrogen) atoms. The van der Waals surface area contributed by atoms with Gasteiger partial charge in [0.05, 0.1) is 17.5 Å². The fourth-order valence-electron chi connectivity index (χ4n) is 6.82. The number of amides is 1. The molecule has 12 heteroatoms. The topological polar surface area (TPSA) is 191 Å². The van der Waals surface area contributed by atoms with Gasteiger partial charge in [-0.1, -0.05) is 0 Å². The lowest BCUT2D eigenvalue weighted by Crippen LogP contribution is -2.74. The second-order valence-electron chi connectivity index (χ2n) is 11.7. The fraction of sp³-hybridized carbons (Fsp3) is 0.607. The first kappa shape index (κ1) is 29.8. The highest BCUT2D eigenvalue weighted by molar-refractivity contribution is 6.32. The number of phenols is 1. The molecule has 218 valence electrons. The molecule has 7 atom stereocenters. The number of nitrogens with zero attached hydrogens (tertiary/aromatic N) is 2. The van der Waals surface area contributed by atoms with E-state index in [-0.39, 0.29) is 43.3 Å². The molecule has 1 amide bonds. The van der Waals surface area contributed by atoms with Crippen LogP contribution in [0.25, 0.3) is 0 Å². The van der Waals surface area contributed by atoms with E-state index in [1.54, 1.807) is 39.2 Å². The number of aliphatic hydroxyl groups excluding tert-OH is 1. The molecule has 0 radical (unpaired) electrons. The van der Waals surface area contributed by atoms with Gasteiger partial charge >= 0.3 is 0 Å². The van der Waals surface area contributed by atoms with Crippen molar-refractivity contribution in [2.45, 2.75) is 50.4 Å². The summed E-state index contributed by atoms with van der Waals surface area (Å²) in [6, 6.07) is 0.560. The van der Waals surface area contributed by atoms with E-state index in [0.29, 0.717) is 23.2 Å². The zero-order chi connectivity index (χ0) is 29.8. The Hall–Kier alpha value is -3.19. The molecule has 4 rings (SSSR count). The average molecular weight is 559 g/mol. The number of primary amides is 1. The normalized spacial score (nSPS) is 30.6. The van der Waals surface area contributed by atoms with Crippen LogP contribution in [0.2, 0.25) is 0 Å². The van der Waals surface area contributed by atoms with Crippen LogP contribution in [-0.2, 0) is 32.1 Å². The maximum absolute atomic E-state index is 14.0. The number of aliphatic hydroxyl groups is 2. The van der Waals surface area contributed by atoms with Crippen molar-refractivity contribution in [3.8, 4) is 5.75 Å². The number of nitrogens with one attached hydrogen (secondary N) is 1. The molecular weight excluding hydrogens is 520 g/mol. The summed E-state index contributed by atoms with van der Waals surface area (Å²) >= 11 is 0. The second kappa shape index (κ2) is 10.7. The molecule has 0 aromatic heterocycles. The van der Waals surface area contributed by atoms with E-state index in [9.17, 15) is 39.3 Å². The highest BCUT2D eigenvalue weighted by atomic mass is 16.3. The van der Waals surface area contributed by atoms with Crippen LogP contribution in [0.1, 0.15) is 41.3 Å². The number of benzene rings is 1. The Kier molecular flexibility index (Phi) is 7.94. The number of Topliss-reactive ketones (excluding diaryl/α,β-unsaturated/α-hetero) is 4. The lowest BCUT2D eigenvalue weighted by atomic mass is 9.52. The van der Waals surface area contributed by atoms with E-state index in [1.807, 2.05) is 6.92 Å². The minimum absolute atomic E-state index is 0.000489. The molecule has 0 heterocycles. The maximum atomic E-state index is 14.0. The monoisotopic (exact) mass is 558 g/mol. The summed E-state index contributed by atoms with van der Waals surface area (Å²) in [5, 5.41) is 35.4. The molecule has 3 unspecified atom stereocenters. The molecule has 2 fully saturated rings. The van der Waals surface area contributed by atoms with Crippen LogP contribution in [0.4, 0.5) is 5.69 Å². The van der Waals surface area contributed by atoms with Crippen LogP contribution in [0.5, 0.6) is 5.75 Å². The lowest BCUT2D eigenvalue weighted by molar-refractivity contribution is -0.181. The fourth-order valence-corrected chi connectivity index (χ4v) is 6.82. The summed E-state index contributed by atoms with van der Waals surface area (Å²) in [6.45, 7) is 2.04. The number of hydrogen-bond acceptors (Lipinski definition) is 11. The minimum atomic E-state index is -2.75. The Morgan fingerprint density at radius 1 is 1.18 bits per heavy atom. The van der Waals surface area contributed by atoms with Gasteiger partial charge in [-0.2, -0.15) is 0 Å². The van der Waals surface area contributed by atoms with E-state index >= 15 is 0 Å². The van der Waals surface area contributed by atoms with Crippen molar-refractivity contribution in [3.63, 3.8) is 0 Å². The van der Waals surface area contributed by atoms with Crippen molar-refractivity contribution in [2.24, 2.45) is 29.4 Å². The molecule has 0 spiro atoms. The van der Waals surface area contributed by atoms with Gasteiger partial charge in [-0.05, 0) is 57.8 Å². The Morgan fingerprint density at radius 3 is 2.38 bits per heavy atom. The summed E-state index contributed by atoms with van der Waals surface area (Å²) in [7, 11) is 6.69. The Labute approximate surface area is 232 Å². The highest BCUT2D eigenvalue weighted by Crippen LogP contribution is 2.52. The number of nitrogens with two attached hydrogens (primary N) is 1. The number of fused-ring (bicyclic) bond motifs is 3. The van der Waals surface area contributed by atoms with E-state index in [4.69, 9.17) is 5.73 Å². The summed E-state index contributed by atoms with van der Waals surface area (Å²) in [6.07, 6.45) is 0.682. The van der Waals surface area contributed by atoms with Crippen molar-refractivity contribution in [2.75, 3.05) is 39.7 Å². The average Bonchev–Trinajstić information content (AvgIpc) is 2.85. The SMILES string of the molecule is CC(CCO)NCc1cc(N(C)C)c2c(c1O)C(=O)C1C(=O)[C@]3(O)C(=O)C(C(N)=O)C(=O)[C@@H](N(C)C)[C@@H]3C[C@@H]1C2. The molecule has 0 aliphatic heterocycles. The number of likely N-dealkylation sites (N-methyl/N-ethyl adjacent to an activating group) is 1. The third kappa shape index (κ3) is 4.43. The molecule has 2 saturated carbocycles. The third-order valence-corrected chi connectivity index (χ3v) is 8.80. The predicted molar refractivity (Wildman–Crippen MR) is 144 cm³/mol. The summed E-state index contributed by atoms with van der Waals surface area (Å²) < 4.78 is 0. The van der Waals surface area contributed by atoms with Gasteiger partial charge in [-0.25, -0.2) is 0 Å². The van der Waals surface area contributed by atoms with Crippen LogP contribution in [-0.4, -0.2) is 102 Å². The van der Waals surface area contributed by atoms with Gasteiger partial charge < -0.3 is 31.3 Å². The number of ketones is 4. The first-order chi connectivity index (χ1) is 18.7. The predicted octanol–water partition coefficient (Wildman–Crippen LogP) is -1.21.